The van der Waals surface area contributed by atoms with E-state index >= 15 is 0 Å². The van der Waals surface area contributed by atoms with Gasteiger partial charge in [0.25, 0.3) is 0 Å². The van der Waals surface area contributed by atoms with Gasteiger partial charge in [-0.1, -0.05) is 251 Å². The second-order valence-corrected chi connectivity index (χ2v) is 19.6. The van der Waals surface area contributed by atoms with E-state index in [-0.39, 0.29) is 31.1 Å². The Bertz CT molecular complexity index is 1050. The first-order chi connectivity index (χ1) is 32.0. The second-order valence-electron chi connectivity index (χ2n) is 19.6. The minimum absolute atomic E-state index is 0.0710. The molecule has 0 aliphatic heterocycles. The molecule has 0 aliphatic rings. The number of hydrogen-bond acceptors (Lipinski definition) is 6. The van der Waals surface area contributed by atoms with Crippen LogP contribution in [0.25, 0.3) is 0 Å². The Labute approximate surface area is 404 Å². The van der Waals surface area contributed by atoms with Gasteiger partial charge in [-0.2, -0.15) is 0 Å². The summed E-state index contributed by atoms with van der Waals surface area (Å²) in [6.45, 7) is 6.66. The van der Waals surface area contributed by atoms with E-state index in [0.29, 0.717) is 19.3 Å². The van der Waals surface area contributed by atoms with E-state index in [1.54, 1.807) is 0 Å². The first kappa shape index (κ1) is 62.9. The van der Waals surface area contributed by atoms with Crippen LogP contribution in [0.1, 0.15) is 316 Å². The van der Waals surface area contributed by atoms with Crippen LogP contribution in [0, 0.1) is 0 Å². The molecule has 0 aromatic carbocycles. The second kappa shape index (κ2) is 54.5. The maximum atomic E-state index is 12.8. The Morgan fingerprint density at radius 1 is 0.292 bits per heavy atom. The first-order valence-electron chi connectivity index (χ1n) is 28.8. The van der Waals surface area contributed by atoms with Crippen LogP contribution in [0.3, 0.4) is 0 Å². The summed E-state index contributed by atoms with van der Waals surface area (Å²) in [6, 6.07) is 0. The van der Waals surface area contributed by atoms with Crippen LogP contribution in [0.15, 0.2) is 24.3 Å². The van der Waals surface area contributed by atoms with E-state index in [1.807, 2.05) is 0 Å². The average Bonchev–Trinajstić information content (AvgIpc) is 3.30. The van der Waals surface area contributed by atoms with Crippen LogP contribution in [-0.4, -0.2) is 37.2 Å². The Hall–Kier alpha value is -2.11. The van der Waals surface area contributed by atoms with Crippen LogP contribution >= 0.6 is 0 Å². The van der Waals surface area contributed by atoms with E-state index < -0.39 is 6.10 Å². The van der Waals surface area contributed by atoms with E-state index in [0.717, 1.165) is 64.2 Å². The number of carbonyl (C=O) groups is 3. The highest BCUT2D eigenvalue weighted by Crippen LogP contribution is 2.16. The Morgan fingerprint density at radius 2 is 0.508 bits per heavy atom. The summed E-state index contributed by atoms with van der Waals surface area (Å²) in [4.78, 5) is 38.1. The van der Waals surface area contributed by atoms with Crippen molar-refractivity contribution in [3.63, 3.8) is 0 Å². The molecule has 0 spiro atoms. The lowest BCUT2D eigenvalue weighted by Gasteiger charge is -2.18. The van der Waals surface area contributed by atoms with Gasteiger partial charge in [0.15, 0.2) is 6.10 Å². The Morgan fingerprint density at radius 3 is 0.769 bits per heavy atom. The van der Waals surface area contributed by atoms with Crippen molar-refractivity contribution < 1.29 is 28.6 Å². The highest BCUT2D eigenvalue weighted by molar-refractivity contribution is 5.71. The fraction of sp³-hybridized carbons (Fsp3) is 0.881. The van der Waals surface area contributed by atoms with Crippen molar-refractivity contribution >= 4 is 17.9 Å². The standard InChI is InChI=1S/C59H110O6/c1-4-7-10-13-16-19-22-25-27-28-29-30-31-32-33-35-37-40-43-46-49-52-58(61)64-55-56(54-63-57(60)51-48-45-42-39-36-24-21-18-15-12-9-6-3)65-59(62)53-50-47-44-41-38-34-26-23-20-17-14-11-8-5-2/h23,26,28-29,56H,4-22,24-25,27,30-55H2,1-3H3/b26-23-,29-28-. The first-order valence-corrected chi connectivity index (χ1v) is 28.8. The molecule has 6 heteroatoms. The number of carbonyl (C=O) groups excluding carboxylic acids is 3. The lowest BCUT2D eigenvalue weighted by Crippen LogP contribution is -2.30. The van der Waals surface area contributed by atoms with Gasteiger partial charge in [-0.05, 0) is 70.6 Å². The summed E-state index contributed by atoms with van der Waals surface area (Å²) < 4.78 is 16.9. The van der Waals surface area contributed by atoms with Crippen LogP contribution in [0.2, 0.25) is 0 Å². The topological polar surface area (TPSA) is 78.9 Å². The third-order valence-corrected chi connectivity index (χ3v) is 12.9. The quantitative estimate of drug-likeness (QED) is 0.0262. The molecule has 65 heavy (non-hydrogen) atoms. The van der Waals surface area contributed by atoms with Crippen molar-refractivity contribution in [1.82, 2.24) is 0 Å². The molecule has 382 valence electrons. The molecule has 0 fully saturated rings. The van der Waals surface area contributed by atoms with E-state index in [4.69, 9.17) is 14.2 Å². The summed E-state index contributed by atoms with van der Waals surface area (Å²) >= 11 is 0. The van der Waals surface area contributed by atoms with Gasteiger partial charge in [-0.25, -0.2) is 0 Å². The van der Waals surface area contributed by atoms with Crippen LogP contribution in [-0.2, 0) is 28.6 Å². The number of allylic oxidation sites excluding steroid dienone is 4. The van der Waals surface area contributed by atoms with Gasteiger partial charge in [-0.15, -0.1) is 0 Å². The third-order valence-electron chi connectivity index (χ3n) is 12.9. The van der Waals surface area contributed by atoms with Crippen LogP contribution in [0.5, 0.6) is 0 Å². The minimum Gasteiger partial charge on any atom is -0.462 e. The highest BCUT2D eigenvalue weighted by Gasteiger charge is 2.19. The predicted octanol–water partition coefficient (Wildman–Crippen LogP) is 19.1. The van der Waals surface area contributed by atoms with Gasteiger partial charge in [-0.3, -0.25) is 14.4 Å². The fourth-order valence-electron chi connectivity index (χ4n) is 8.55. The fourth-order valence-corrected chi connectivity index (χ4v) is 8.55. The molecule has 0 aliphatic carbocycles. The summed E-state index contributed by atoms with van der Waals surface area (Å²) in [6.07, 6.45) is 63.1. The largest absolute Gasteiger partial charge is 0.462 e. The van der Waals surface area contributed by atoms with Gasteiger partial charge in [0.1, 0.15) is 13.2 Å². The molecule has 0 aromatic rings. The number of esters is 3. The molecule has 0 bridgehead atoms. The van der Waals surface area contributed by atoms with Gasteiger partial charge >= 0.3 is 17.9 Å². The van der Waals surface area contributed by atoms with E-state index in [1.165, 1.54) is 212 Å². The molecule has 0 saturated carbocycles. The summed E-state index contributed by atoms with van der Waals surface area (Å²) in [7, 11) is 0. The average molecular weight is 916 g/mol. The molecule has 0 N–H and O–H groups in total. The minimum atomic E-state index is -0.772. The maximum Gasteiger partial charge on any atom is 0.306 e. The molecule has 6 nitrogen and oxygen atoms in total. The molecule has 0 heterocycles. The highest BCUT2D eigenvalue weighted by atomic mass is 16.6. The van der Waals surface area contributed by atoms with Crippen molar-refractivity contribution in [1.29, 1.82) is 0 Å². The van der Waals surface area contributed by atoms with E-state index in [9.17, 15) is 14.4 Å². The zero-order valence-corrected chi connectivity index (χ0v) is 43.8. The molecule has 1 atom stereocenters. The van der Waals surface area contributed by atoms with Gasteiger partial charge in [0, 0.05) is 19.3 Å². The molecule has 0 saturated heterocycles. The number of rotatable bonds is 53. The predicted molar refractivity (Wildman–Crippen MR) is 279 cm³/mol. The van der Waals surface area contributed by atoms with Crippen molar-refractivity contribution in [3.8, 4) is 0 Å². The van der Waals surface area contributed by atoms with Crippen molar-refractivity contribution in [2.45, 2.75) is 322 Å². The summed E-state index contributed by atoms with van der Waals surface area (Å²) in [5.41, 5.74) is 0. The Kier molecular flexibility index (Phi) is 52.7. The zero-order chi connectivity index (χ0) is 47.2. The van der Waals surface area contributed by atoms with Crippen LogP contribution < -0.4 is 0 Å². The van der Waals surface area contributed by atoms with Gasteiger partial charge in [0.05, 0.1) is 0 Å². The monoisotopic (exact) mass is 915 g/mol. The normalized spacial score (nSPS) is 12.1. The van der Waals surface area contributed by atoms with Gasteiger partial charge < -0.3 is 14.2 Å². The molecule has 0 rings (SSSR count). The lowest BCUT2D eigenvalue weighted by molar-refractivity contribution is -0.167. The number of hydrogen-bond donors (Lipinski definition) is 0. The van der Waals surface area contributed by atoms with Gasteiger partial charge in [0.2, 0.25) is 0 Å². The number of ether oxygens (including phenoxy) is 3. The summed E-state index contributed by atoms with van der Waals surface area (Å²) in [5.74, 6) is -0.864. The maximum absolute atomic E-state index is 12.8. The van der Waals surface area contributed by atoms with E-state index in [2.05, 4.69) is 45.1 Å². The van der Waals surface area contributed by atoms with Crippen molar-refractivity contribution in [3.05, 3.63) is 24.3 Å². The zero-order valence-electron chi connectivity index (χ0n) is 43.8. The SMILES string of the molecule is CCCCCCC/C=C\CCCCCCCC(=O)OC(COC(=O)CCCCCCCCCCC/C=C\CCCCCCCCCC)COC(=O)CCCCCCCCCCCCCC. The molecule has 0 amide bonds. The van der Waals surface area contributed by atoms with Crippen molar-refractivity contribution in [2.24, 2.45) is 0 Å². The Balaban J connectivity index is 4.28. The lowest BCUT2D eigenvalue weighted by atomic mass is 10.0. The number of unbranched alkanes of at least 4 members (excludes halogenated alkanes) is 38. The molecular weight excluding hydrogens is 805 g/mol. The molecule has 1 unspecified atom stereocenters. The molecular formula is C59H110O6. The smallest absolute Gasteiger partial charge is 0.306 e. The van der Waals surface area contributed by atoms with Crippen molar-refractivity contribution in [2.75, 3.05) is 13.2 Å². The molecule has 0 aromatic heterocycles. The summed E-state index contributed by atoms with van der Waals surface area (Å²) in [5, 5.41) is 0. The molecule has 0 radical (unpaired) electrons. The van der Waals surface area contributed by atoms with Crippen LogP contribution in [0.4, 0.5) is 0 Å². The third kappa shape index (κ3) is 52.7.